The number of aromatic nitrogens is 1. The van der Waals surface area contributed by atoms with Gasteiger partial charge in [-0.1, -0.05) is 19.3 Å². The Morgan fingerprint density at radius 1 is 1.36 bits per heavy atom. The average Bonchev–Trinajstić information content (AvgIpc) is 3.01. The maximum Gasteiger partial charge on any atom is 0.193 e. The number of aryl methyl sites for hydroxylation is 2. The van der Waals surface area contributed by atoms with E-state index in [4.69, 9.17) is 0 Å². The van der Waals surface area contributed by atoms with Crippen molar-refractivity contribution in [3.05, 3.63) is 16.1 Å². The van der Waals surface area contributed by atoms with E-state index in [-0.39, 0.29) is 24.0 Å². The number of hydrogen-bond donors (Lipinski definition) is 1. The summed E-state index contributed by atoms with van der Waals surface area (Å²) in [6.45, 7) is 5.33. The minimum absolute atomic E-state index is 0. The van der Waals surface area contributed by atoms with Crippen molar-refractivity contribution in [3.8, 4) is 0 Å². The van der Waals surface area contributed by atoms with Crippen LogP contribution in [-0.2, 0) is 6.42 Å². The van der Waals surface area contributed by atoms with Crippen molar-refractivity contribution in [2.24, 2.45) is 4.99 Å². The number of nitrogens with one attached hydrogen (secondary N) is 1. The standard InChI is InChI=1S/C18H30N4S2.HI/c1-15-13-23-16(21-15)7-6-10-20-17(19-2)22-11-12-24-18(14-22)8-4-3-5-9-18;/h13H,3-12,14H2,1-2H3,(H,19,20);1H. The first-order valence-corrected chi connectivity index (χ1v) is 11.1. The highest BCUT2D eigenvalue weighted by Gasteiger charge is 2.38. The van der Waals surface area contributed by atoms with Gasteiger partial charge >= 0.3 is 0 Å². The first-order chi connectivity index (χ1) is 11.7. The molecule has 1 aromatic heterocycles. The van der Waals surface area contributed by atoms with Gasteiger partial charge < -0.3 is 10.2 Å². The van der Waals surface area contributed by atoms with Crippen LogP contribution in [0.2, 0.25) is 0 Å². The molecule has 2 aliphatic rings. The van der Waals surface area contributed by atoms with Crippen molar-refractivity contribution in [2.45, 2.75) is 56.6 Å². The first kappa shape index (κ1) is 21.3. The van der Waals surface area contributed by atoms with E-state index in [9.17, 15) is 0 Å². The summed E-state index contributed by atoms with van der Waals surface area (Å²) < 4.78 is 0.493. The Morgan fingerprint density at radius 3 is 2.84 bits per heavy atom. The predicted molar refractivity (Wildman–Crippen MR) is 122 cm³/mol. The van der Waals surface area contributed by atoms with E-state index in [1.807, 2.05) is 7.05 Å². The predicted octanol–water partition coefficient (Wildman–Crippen LogP) is 4.33. The zero-order chi connectivity index (χ0) is 16.8. The van der Waals surface area contributed by atoms with Crippen LogP contribution in [-0.4, -0.2) is 53.0 Å². The lowest BCUT2D eigenvalue weighted by Gasteiger charge is -2.45. The molecule has 1 saturated heterocycles. The van der Waals surface area contributed by atoms with E-state index in [0.29, 0.717) is 4.75 Å². The maximum absolute atomic E-state index is 4.55. The molecular formula is C18H31IN4S2. The molecule has 2 fully saturated rings. The third-order valence-corrected chi connectivity index (χ3v) is 7.60. The third-order valence-electron chi connectivity index (χ3n) is 5.04. The van der Waals surface area contributed by atoms with E-state index >= 15 is 0 Å². The van der Waals surface area contributed by atoms with Crippen molar-refractivity contribution in [3.63, 3.8) is 0 Å². The lowest BCUT2D eigenvalue weighted by atomic mass is 9.87. The molecule has 0 bridgehead atoms. The molecule has 1 aliphatic carbocycles. The summed E-state index contributed by atoms with van der Waals surface area (Å²) in [4.78, 5) is 11.6. The molecule has 1 aromatic rings. The van der Waals surface area contributed by atoms with Gasteiger partial charge in [0.1, 0.15) is 0 Å². The summed E-state index contributed by atoms with van der Waals surface area (Å²) in [6.07, 6.45) is 9.16. The fourth-order valence-electron chi connectivity index (χ4n) is 3.81. The second-order valence-corrected chi connectivity index (χ2v) is 9.48. The van der Waals surface area contributed by atoms with Gasteiger partial charge in [0.2, 0.25) is 0 Å². The summed E-state index contributed by atoms with van der Waals surface area (Å²) in [6, 6.07) is 0. The Hall–Kier alpha value is -0.0200. The minimum atomic E-state index is 0. The highest BCUT2D eigenvalue weighted by molar-refractivity contribution is 14.0. The van der Waals surface area contributed by atoms with Gasteiger partial charge in [0.25, 0.3) is 0 Å². The van der Waals surface area contributed by atoms with E-state index in [1.165, 1.54) is 49.4 Å². The Kier molecular flexibility index (Phi) is 8.81. The largest absolute Gasteiger partial charge is 0.356 e. The van der Waals surface area contributed by atoms with Crippen molar-refractivity contribution in [2.75, 3.05) is 32.4 Å². The van der Waals surface area contributed by atoms with Crippen LogP contribution in [0, 0.1) is 6.92 Å². The highest BCUT2D eigenvalue weighted by atomic mass is 127. The minimum Gasteiger partial charge on any atom is -0.356 e. The number of halogens is 1. The quantitative estimate of drug-likeness (QED) is 0.293. The van der Waals surface area contributed by atoms with Gasteiger partial charge in [0, 0.05) is 54.7 Å². The molecule has 7 heteroatoms. The van der Waals surface area contributed by atoms with Crippen molar-refractivity contribution in [1.82, 2.24) is 15.2 Å². The molecule has 1 spiro atoms. The summed E-state index contributed by atoms with van der Waals surface area (Å²) in [5.41, 5.74) is 1.14. The molecule has 4 nitrogen and oxygen atoms in total. The van der Waals surface area contributed by atoms with Gasteiger partial charge in [0.15, 0.2) is 5.96 Å². The number of aliphatic imine (C=N–C) groups is 1. The van der Waals surface area contributed by atoms with E-state index in [2.05, 4.69) is 44.3 Å². The second kappa shape index (κ2) is 10.3. The zero-order valence-corrected chi connectivity index (χ0v) is 19.4. The Morgan fingerprint density at radius 2 is 2.16 bits per heavy atom. The number of rotatable bonds is 4. The van der Waals surface area contributed by atoms with E-state index in [1.54, 1.807) is 11.3 Å². The molecular weight excluding hydrogens is 463 g/mol. The van der Waals surface area contributed by atoms with Gasteiger partial charge in [-0.2, -0.15) is 11.8 Å². The number of guanidine groups is 1. The number of nitrogens with zero attached hydrogens (tertiary/aromatic N) is 3. The molecule has 2 heterocycles. The number of thiazole rings is 1. The van der Waals surface area contributed by atoms with Crippen molar-refractivity contribution >= 4 is 53.0 Å². The topological polar surface area (TPSA) is 40.5 Å². The van der Waals surface area contributed by atoms with Crippen LogP contribution >= 0.6 is 47.1 Å². The molecule has 1 saturated carbocycles. The molecule has 0 amide bonds. The molecule has 0 radical (unpaired) electrons. The van der Waals surface area contributed by atoms with Crippen LogP contribution in [0.4, 0.5) is 0 Å². The Labute approximate surface area is 177 Å². The highest BCUT2D eigenvalue weighted by Crippen LogP contribution is 2.42. The van der Waals surface area contributed by atoms with Crippen LogP contribution in [0.1, 0.15) is 49.2 Å². The second-order valence-electron chi connectivity index (χ2n) is 6.97. The molecule has 1 aliphatic heterocycles. The lowest BCUT2D eigenvalue weighted by molar-refractivity contribution is 0.293. The van der Waals surface area contributed by atoms with Crippen molar-refractivity contribution in [1.29, 1.82) is 0 Å². The van der Waals surface area contributed by atoms with Gasteiger partial charge in [0.05, 0.1) is 5.01 Å². The van der Waals surface area contributed by atoms with Crippen LogP contribution in [0.25, 0.3) is 0 Å². The van der Waals surface area contributed by atoms with Gasteiger partial charge in [-0.15, -0.1) is 35.3 Å². The summed E-state index contributed by atoms with van der Waals surface area (Å²) in [5.74, 6) is 2.33. The monoisotopic (exact) mass is 494 g/mol. The van der Waals surface area contributed by atoms with Gasteiger partial charge in [-0.25, -0.2) is 4.98 Å². The first-order valence-electron chi connectivity index (χ1n) is 9.21. The number of hydrogen-bond acceptors (Lipinski definition) is 4. The van der Waals surface area contributed by atoms with E-state index < -0.39 is 0 Å². The average molecular weight is 495 g/mol. The molecule has 0 atom stereocenters. The fraction of sp³-hybridized carbons (Fsp3) is 0.778. The van der Waals surface area contributed by atoms with Crippen LogP contribution in [0.15, 0.2) is 10.4 Å². The molecule has 0 aromatic carbocycles. The van der Waals surface area contributed by atoms with Crippen molar-refractivity contribution < 1.29 is 0 Å². The zero-order valence-electron chi connectivity index (χ0n) is 15.4. The van der Waals surface area contributed by atoms with Gasteiger partial charge in [-0.05, 0) is 26.2 Å². The van der Waals surface area contributed by atoms with Crippen LogP contribution in [0.5, 0.6) is 0 Å². The van der Waals surface area contributed by atoms with E-state index in [0.717, 1.165) is 37.6 Å². The molecule has 1 N–H and O–H groups in total. The smallest absolute Gasteiger partial charge is 0.193 e. The molecule has 142 valence electrons. The third kappa shape index (κ3) is 5.99. The normalized spacial score (nSPS) is 20.4. The van der Waals surface area contributed by atoms with Gasteiger partial charge in [-0.3, -0.25) is 4.99 Å². The SMILES string of the molecule is CN=C(NCCCc1nc(C)cs1)N1CCSC2(CCCCC2)C1.I. The molecule has 25 heavy (non-hydrogen) atoms. The fourth-order valence-corrected chi connectivity index (χ4v) is 6.20. The summed E-state index contributed by atoms with van der Waals surface area (Å²) >= 11 is 3.99. The molecule has 0 unspecified atom stereocenters. The van der Waals surface area contributed by atoms with Crippen LogP contribution in [0.3, 0.4) is 0 Å². The molecule has 3 rings (SSSR count). The summed E-state index contributed by atoms with van der Waals surface area (Å²) in [5, 5.41) is 6.97. The maximum atomic E-state index is 4.55. The van der Waals surface area contributed by atoms with Crippen LogP contribution < -0.4 is 5.32 Å². The Bertz CT molecular complexity index is 550. The Balaban J connectivity index is 0.00000225. The lowest BCUT2D eigenvalue weighted by Crippen LogP contribution is -2.53. The summed E-state index contributed by atoms with van der Waals surface area (Å²) in [7, 11) is 1.92. The number of thioether (sulfide) groups is 1.